The maximum absolute atomic E-state index is 10.6. The van der Waals surface area contributed by atoms with E-state index in [0.29, 0.717) is 0 Å². The summed E-state index contributed by atoms with van der Waals surface area (Å²) in [6, 6.07) is 0. The average molecular weight is 154 g/mol. The van der Waals surface area contributed by atoms with Gasteiger partial charge >= 0.3 is 5.97 Å². The summed E-state index contributed by atoms with van der Waals surface area (Å²) in [5.74, 6) is -1.57. The van der Waals surface area contributed by atoms with Crippen LogP contribution in [0.2, 0.25) is 0 Å². The minimum Gasteiger partial charge on any atom is -0.479 e. The zero-order chi connectivity index (χ0) is 8.48. The molecule has 0 amide bonds. The second kappa shape index (κ2) is 2.51. The fourth-order valence-electron chi connectivity index (χ4n) is 0.998. The molecular weight excluding hydrogens is 144 g/mol. The van der Waals surface area contributed by atoms with Crippen LogP contribution in [-0.4, -0.2) is 21.8 Å². The normalized spacial score (nSPS) is 35.6. The molecule has 0 aromatic carbocycles. The van der Waals surface area contributed by atoms with Gasteiger partial charge in [-0.3, -0.25) is 0 Å². The van der Waals surface area contributed by atoms with E-state index in [2.05, 4.69) is 0 Å². The van der Waals surface area contributed by atoms with E-state index in [0.717, 1.165) is 0 Å². The third-order valence-electron chi connectivity index (χ3n) is 1.90. The predicted octanol–water partition coefficient (Wildman–Crippen LogP) is 0.564. The first kappa shape index (κ1) is 8.01. The van der Waals surface area contributed by atoms with Crippen LogP contribution in [0, 0.1) is 5.92 Å². The molecule has 0 saturated heterocycles. The third-order valence-corrected chi connectivity index (χ3v) is 1.90. The van der Waals surface area contributed by atoms with Gasteiger partial charge in [-0.25, -0.2) is 4.79 Å². The van der Waals surface area contributed by atoms with Crippen LogP contribution in [0.4, 0.5) is 0 Å². The maximum Gasteiger partial charge on any atom is 0.340 e. The van der Waals surface area contributed by atoms with Crippen LogP contribution in [0.25, 0.3) is 0 Å². The Bertz CT molecular complexity index is 229. The molecule has 0 aromatic heterocycles. The Hall–Kier alpha value is -1.09. The van der Waals surface area contributed by atoms with Gasteiger partial charge < -0.3 is 10.2 Å². The number of hydrogen-bond acceptors (Lipinski definition) is 2. The van der Waals surface area contributed by atoms with Gasteiger partial charge in [0.1, 0.15) is 0 Å². The van der Waals surface area contributed by atoms with Crippen LogP contribution in [0.15, 0.2) is 24.3 Å². The summed E-state index contributed by atoms with van der Waals surface area (Å²) in [6.45, 7) is 1.66. The van der Waals surface area contributed by atoms with Gasteiger partial charge in [0.25, 0.3) is 0 Å². The molecule has 0 bridgehead atoms. The SMILES string of the molecule is CC1C=CC=CC1(O)C(=O)O. The number of hydrogen-bond donors (Lipinski definition) is 2. The fourth-order valence-corrected chi connectivity index (χ4v) is 0.998. The molecule has 1 aliphatic carbocycles. The largest absolute Gasteiger partial charge is 0.479 e. The lowest BCUT2D eigenvalue weighted by Crippen LogP contribution is -2.42. The highest BCUT2D eigenvalue weighted by Gasteiger charge is 2.38. The van der Waals surface area contributed by atoms with Gasteiger partial charge in [-0.1, -0.05) is 25.2 Å². The van der Waals surface area contributed by atoms with E-state index in [9.17, 15) is 9.90 Å². The summed E-state index contributed by atoms with van der Waals surface area (Å²) in [6.07, 6.45) is 6.21. The van der Waals surface area contributed by atoms with Crippen LogP contribution in [0.1, 0.15) is 6.92 Å². The molecule has 0 aromatic rings. The predicted molar refractivity (Wildman–Crippen MR) is 40.0 cm³/mol. The lowest BCUT2D eigenvalue weighted by Gasteiger charge is -2.26. The molecule has 0 radical (unpaired) electrons. The molecule has 1 rings (SSSR count). The van der Waals surface area contributed by atoms with Gasteiger partial charge in [0, 0.05) is 5.92 Å². The monoisotopic (exact) mass is 154 g/mol. The van der Waals surface area contributed by atoms with Crippen LogP contribution in [0.3, 0.4) is 0 Å². The van der Waals surface area contributed by atoms with Gasteiger partial charge in [-0.2, -0.15) is 0 Å². The summed E-state index contributed by atoms with van der Waals surface area (Å²) < 4.78 is 0. The number of carbonyl (C=O) groups is 1. The van der Waals surface area contributed by atoms with Crippen molar-refractivity contribution in [2.45, 2.75) is 12.5 Å². The molecule has 0 aliphatic heterocycles. The summed E-state index contributed by atoms with van der Waals surface area (Å²) in [5, 5.41) is 18.1. The molecule has 2 atom stereocenters. The number of aliphatic hydroxyl groups is 1. The lowest BCUT2D eigenvalue weighted by molar-refractivity contribution is -0.156. The molecule has 0 saturated carbocycles. The number of carboxylic acid groups (broad SMARTS) is 1. The Kier molecular flexibility index (Phi) is 1.83. The highest BCUT2D eigenvalue weighted by Crippen LogP contribution is 2.23. The van der Waals surface area contributed by atoms with E-state index < -0.39 is 11.6 Å². The molecule has 0 heterocycles. The second-order valence-corrected chi connectivity index (χ2v) is 2.66. The molecule has 11 heavy (non-hydrogen) atoms. The topological polar surface area (TPSA) is 57.5 Å². The Morgan fingerprint density at radius 3 is 2.55 bits per heavy atom. The summed E-state index contributed by atoms with van der Waals surface area (Å²) in [5.41, 5.74) is -1.71. The number of aliphatic carboxylic acids is 1. The Labute approximate surface area is 64.7 Å². The quantitative estimate of drug-likeness (QED) is 0.580. The average Bonchev–Trinajstić information content (AvgIpc) is 1.95. The van der Waals surface area contributed by atoms with E-state index in [-0.39, 0.29) is 5.92 Å². The van der Waals surface area contributed by atoms with Crippen molar-refractivity contribution in [2.75, 3.05) is 0 Å². The number of rotatable bonds is 1. The van der Waals surface area contributed by atoms with Crippen LogP contribution in [-0.2, 0) is 4.79 Å². The van der Waals surface area contributed by atoms with Crippen LogP contribution >= 0.6 is 0 Å². The highest BCUT2D eigenvalue weighted by molar-refractivity contribution is 5.81. The summed E-state index contributed by atoms with van der Waals surface area (Å²) in [4.78, 5) is 10.6. The molecule has 1 aliphatic rings. The first-order valence-corrected chi connectivity index (χ1v) is 3.39. The van der Waals surface area contributed by atoms with E-state index in [1.807, 2.05) is 0 Å². The second-order valence-electron chi connectivity index (χ2n) is 2.66. The standard InChI is InChI=1S/C8H10O3/c1-6-4-2-3-5-8(6,11)7(9)10/h2-6,11H,1H3,(H,9,10). The van der Waals surface area contributed by atoms with Crippen molar-refractivity contribution in [2.24, 2.45) is 5.92 Å². The van der Waals surface area contributed by atoms with Crippen molar-refractivity contribution in [1.82, 2.24) is 0 Å². The van der Waals surface area contributed by atoms with Gasteiger partial charge in [-0.05, 0) is 6.08 Å². The molecule has 2 N–H and O–H groups in total. The fraction of sp³-hybridized carbons (Fsp3) is 0.375. The molecule has 2 unspecified atom stereocenters. The molecule has 0 spiro atoms. The van der Waals surface area contributed by atoms with Crippen molar-refractivity contribution in [3.63, 3.8) is 0 Å². The minimum atomic E-state index is -1.71. The van der Waals surface area contributed by atoms with Gasteiger partial charge in [0.2, 0.25) is 0 Å². The molecule has 3 nitrogen and oxygen atoms in total. The number of carboxylic acids is 1. The van der Waals surface area contributed by atoms with E-state index in [1.54, 1.807) is 19.1 Å². The molecule has 3 heteroatoms. The minimum absolute atomic E-state index is 0.370. The van der Waals surface area contributed by atoms with Crippen molar-refractivity contribution >= 4 is 5.97 Å². The van der Waals surface area contributed by atoms with Crippen LogP contribution in [0.5, 0.6) is 0 Å². The van der Waals surface area contributed by atoms with Gasteiger partial charge in [0.05, 0.1) is 0 Å². The van der Waals surface area contributed by atoms with E-state index in [1.165, 1.54) is 12.2 Å². The van der Waals surface area contributed by atoms with Crippen molar-refractivity contribution in [3.05, 3.63) is 24.3 Å². The third kappa shape index (κ3) is 1.19. The number of allylic oxidation sites excluding steroid dienone is 2. The summed E-state index contributed by atoms with van der Waals surface area (Å²) in [7, 11) is 0. The molecule has 60 valence electrons. The highest BCUT2D eigenvalue weighted by atomic mass is 16.4. The van der Waals surface area contributed by atoms with Crippen molar-refractivity contribution in [1.29, 1.82) is 0 Å². The molecular formula is C8H10O3. The Morgan fingerprint density at radius 2 is 2.18 bits per heavy atom. The maximum atomic E-state index is 10.6. The Balaban J connectivity index is 2.94. The Morgan fingerprint density at radius 1 is 1.55 bits per heavy atom. The van der Waals surface area contributed by atoms with Gasteiger partial charge in [0.15, 0.2) is 5.60 Å². The van der Waals surface area contributed by atoms with Gasteiger partial charge in [-0.15, -0.1) is 0 Å². The first-order valence-electron chi connectivity index (χ1n) is 3.39. The van der Waals surface area contributed by atoms with E-state index in [4.69, 9.17) is 5.11 Å². The summed E-state index contributed by atoms with van der Waals surface area (Å²) >= 11 is 0. The van der Waals surface area contributed by atoms with Crippen molar-refractivity contribution < 1.29 is 15.0 Å². The first-order chi connectivity index (χ1) is 5.07. The van der Waals surface area contributed by atoms with Crippen LogP contribution < -0.4 is 0 Å². The van der Waals surface area contributed by atoms with E-state index >= 15 is 0 Å². The van der Waals surface area contributed by atoms with Crippen molar-refractivity contribution in [3.8, 4) is 0 Å². The molecule has 0 fully saturated rings. The zero-order valence-corrected chi connectivity index (χ0v) is 6.19. The lowest BCUT2D eigenvalue weighted by atomic mass is 9.85. The smallest absolute Gasteiger partial charge is 0.340 e. The zero-order valence-electron chi connectivity index (χ0n) is 6.19.